The van der Waals surface area contributed by atoms with Gasteiger partial charge < -0.3 is 19.9 Å². The number of hydrogen-bond donors (Lipinski definition) is 1. The lowest BCUT2D eigenvalue weighted by molar-refractivity contribution is -0.119. The van der Waals surface area contributed by atoms with Crippen molar-refractivity contribution in [3.63, 3.8) is 0 Å². The molecule has 33 heavy (non-hydrogen) atoms. The molecule has 0 unspecified atom stereocenters. The Balaban J connectivity index is 1.66. The number of methoxy groups -OCH3 is 1. The summed E-state index contributed by atoms with van der Waals surface area (Å²) in [4.78, 5) is 17.6. The Kier molecular flexibility index (Phi) is 8.71. The predicted octanol–water partition coefficient (Wildman–Crippen LogP) is 1.95. The molecule has 0 radical (unpaired) electrons. The van der Waals surface area contributed by atoms with E-state index in [-0.39, 0.29) is 17.3 Å². The number of carbonyl (C=O) groups is 1. The van der Waals surface area contributed by atoms with Crippen molar-refractivity contribution in [2.45, 2.75) is 18.2 Å². The zero-order valence-electron chi connectivity index (χ0n) is 19.7. The number of carbonyl (C=O) groups excluding carboxylic acids is 1. The van der Waals surface area contributed by atoms with Crippen LogP contribution < -0.4 is 14.4 Å². The summed E-state index contributed by atoms with van der Waals surface area (Å²) in [6.45, 7) is 7.20. The SMILES string of the molecule is COc1ccc(N(CC(=O)NCCCN2CCN(C)CC2)S(=O)(=O)c2ccc(C)cc2)cc1. The number of nitrogens with zero attached hydrogens (tertiary/aromatic N) is 3. The van der Waals surface area contributed by atoms with Gasteiger partial charge in [0.2, 0.25) is 5.91 Å². The van der Waals surface area contributed by atoms with Gasteiger partial charge in [0.05, 0.1) is 17.7 Å². The highest BCUT2D eigenvalue weighted by Gasteiger charge is 2.27. The molecule has 1 aliphatic heterocycles. The lowest BCUT2D eigenvalue weighted by Gasteiger charge is -2.32. The van der Waals surface area contributed by atoms with Crippen molar-refractivity contribution in [2.24, 2.45) is 0 Å². The maximum absolute atomic E-state index is 13.4. The van der Waals surface area contributed by atoms with E-state index in [2.05, 4.69) is 22.2 Å². The average Bonchev–Trinajstić information content (AvgIpc) is 2.82. The van der Waals surface area contributed by atoms with Crippen LogP contribution in [0.3, 0.4) is 0 Å². The van der Waals surface area contributed by atoms with Gasteiger partial charge in [0.1, 0.15) is 12.3 Å². The summed E-state index contributed by atoms with van der Waals surface area (Å²) < 4.78 is 33.1. The fraction of sp³-hybridized carbons (Fsp3) is 0.458. The molecule has 9 heteroatoms. The van der Waals surface area contributed by atoms with Gasteiger partial charge in [0.15, 0.2) is 0 Å². The summed E-state index contributed by atoms with van der Waals surface area (Å²) in [7, 11) is -0.251. The lowest BCUT2D eigenvalue weighted by Crippen LogP contribution is -2.45. The number of rotatable bonds is 10. The quantitative estimate of drug-likeness (QED) is 0.530. The standard InChI is InChI=1S/C24H34N4O4S/c1-20-5-11-23(12-6-20)33(30,31)28(21-7-9-22(32-3)10-8-21)19-24(29)25-13-4-14-27-17-15-26(2)16-18-27/h5-12H,4,13-19H2,1-3H3,(H,25,29). The molecule has 1 fully saturated rings. The van der Waals surface area contributed by atoms with E-state index in [4.69, 9.17) is 4.74 Å². The summed E-state index contributed by atoms with van der Waals surface area (Å²) >= 11 is 0. The summed E-state index contributed by atoms with van der Waals surface area (Å²) in [6, 6.07) is 13.3. The number of likely N-dealkylation sites (N-methyl/N-ethyl adjacent to an activating group) is 1. The van der Waals surface area contributed by atoms with Crippen LogP contribution in [0.25, 0.3) is 0 Å². The molecule has 1 N–H and O–H groups in total. The molecule has 2 aromatic carbocycles. The molecule has 1 amide bonds. The Hall–Kier alpha value is -2.62. The van der Waals surface area contributed by atoms with E-state index in [9.17, 15) is 13.2 Å². The van der Waals surface area contributed by atoms with Crippen LogP contribution >= 0.6 is 0 Å². The predicted molar refractivity (Wildman–Crippen MR) is 130 cm³/mol. The highest BCUT2D eigenvalue weighted by atomic mass is 32.2. The number of amides is 1. The minimum Gasteiger partial charge on any atom is -0.497 e. The number of benzene rings is 2. The van der Waals surface area contributed by atoms with Gasteiger partial charge in [-0.05, 0) is 63.3 Å². The topological polar surface area (TPSA) is 82.2 Å². The van der Waals surface area contributed by atoms with E-state index < -0.39 is 10.0 Å². The smallest absolute Gasteiger partial charge is 0.264 e. The fourth-order valence-corrected chi connectivity index (χ4v) is 5.11. The first-order chi connectivity index (χ1) is 15.8. The highest BCUT2D eigenvalue weighted by Crippen LogP contribution is 2.26. The van der Waals surface area contributed by atoms with Crippen LogP contribution in [0.1, 0.15) is 12.0 Å². The maximum atomic E-state index is 13.4. The zero-order chi connectivity index (χ0) is 23.8. The molecule has 2 aromatic rings. The van der Waals surface area contributed by atoms with Crippen LogP contribution in [0.4, 0.5) is 5.69 Å². The first-order valence-corrected chi connectivity index (χ1v) is 12.6. The summed E-state index contributed by atoms with van der Waals surface area (Å²) in [5.41, 5.74) is 1.37. The van der Waals surface area contributed by atoms with Crippen LogP contribution in [-0.2, 0) is 14.8 Å². The minimum atomic E-state index is -3.92. The molecule has 0 saturated carbocycles. The summed E-state index contributed by atoms with van der Waals surface area (Å²) in [6.07, 6.45) is 0.822. The third-order valence-corrected chi connectivity index (χ3v) is 7.61. The molecule has 0 atom stereocenters. The Morgan fingerprint density at radius 3 is 2.27 bits per heavy atom. The van der Waals surface area contributed by atoms with Crippen LogP contribution in [0.2, 0.25) is 0 Å². The Labute approximate surface area is 197 Å². The van der Waals surface area contributed by atoms with Crippen molar-refractivity contribution >= 4 is 21.6 Å². The normalized spacial score (nSPS) is 15.2. The van der Waals surface area contributed by atoms with E-state index in [0.29, 0.717) is 18.0 Å². The number of aryl methyl sites for hydroxylation is 1. The number of nitrogens with one attached hydrogen (secondary N) is 1. The number of ether oxygens (including phenoxy) is 1. The second-order valence-electron chi connectivity index (χ2n) is 8.37. The monoisotopic (exact) mass is 474 g/mol. The van der Waals surface area contributed by atoms with Crippen LogP contribution in [0, 0.1) is 6.92 Å². The lowest BCUT2D eigenvalue weighted by atomic mass is 10.2. The molecule has 1 saturated heterocycles. The van der Waals surface area contributed by atoms with Gasteiger partial charge in [-0.2, -0.15) is 0 Å². The molecule has 0 bridgehead atoms. The first-order valence-electron chi connectivity index (χ1n) is 11.2. The summed E-state index contributed by atoms with van der Waals surface area (Å²) in [5.74, 6) is 0.277. The van der Waals surface area contributed by atoms with Gasteiger partial charge >= 0.3 is 0 Å². The second kappa shape index (κ2) is 11.5. The number of anilines is 1. The van der Waals surface area contributed by atoms with Gasteiger partial charge in [-0.3, -0.25) is 9.10 Å². The molecular weight excluding hydrogens is 440 g/mol. The van der Waals surface area contributed by atoms with E-state index in [1.807, 2.05) is 6.92 Å². The van der Waals surface area contributed by atoms with E-state index in [1.165, 1.54) is 0 Å². The Bertz CT molecular complexity index is 1000. The van der Waals surface area contributed by atoms with Crippen molar-refractivity contribution < 1.29 is 17.9 Å². The molecule has 8 nitrogen and oxygen atoms in total. The Morgan fingerprint density at radius 2 is 1.67 bits per heavy atom. The van der Waals surface area contributed by atoms with Crippen LogP contribution in [0.15, 0.2) is 53.4 Å². The fourth-order valence-electron chi connectivity index (χ4n) is 3.69. The number of hydrogen-bond acceptors (Lipinski definition) is 6. The van der Waals surface area contributed by atoms with Crippen molar-refractivity contribution in [2.75, 3.05) is 64.3 Å². The molecule has 0 spiro atoms. The van der Waals surface area contributed by atoms with Gasteiger partial charge in [0, 0.05) is 32.7 Å². The maximum Gasteiger partial charge on any atom is 0.264 e. The van der Waals surface area contributed by atoms with E-state index in [0.717, 1.165) is 49.0 Å². The van der Waals surface area contributed by atoms with Gasteiger partial charge in [-0.15, -0.1) is 0 Å². The minimum absolute atomic E-state index is 0.145. The molecule has 1 aliphatic rings. The van der Waals surface area contributed by atoms with Crippen LogP contribution in [-0.4, -0.2) is 84.1 Å². The molecule has 180 valence electrons. The zero-order valence-corrected chi connectivity index (χ0v) is 20.5. The Morgan fingerprint density at radius 1 is 1.03 bits per heavy atom. The first kappa shape index (κ1) is 25.0. The number of sulfonamides is 1. The van der Waals surface area contributed by atoms with Gasteiger partial charge in [-0.25, -0.2) is 8.42 Å². The third-order valence-electron chi connectivity index (χ3n) is 5.83. The van der Waals surface area contributed by atoms with Crippen molar-refractivity contribution in [3.8, 4) is 5.75 Å². The average molecular weight is 475 g/mol. The van der Waals surface area contributed by atoms with Crippen molar-refractivity contribution in [3.05, 3.63) is 54.1 Å². The molecule has 1 heterocycles. The van der Waals surface area contributed by atoms with E-state index >= 15 is 0 Å². The molecule has 0 aliphatic carbocycles. The largest absolute Gasteiger partial charge is 0.497 e. The van der Waals surface area contributed by atoms with Gasteiger partial charge in [0.25, 0.3) is 10.0 Å². The summed E-state index contributed by atoms with van der Waals surface area (Å²) in [5, 5.41) is 2.88. The second-order valence-corrected chi connectivity index (χ2v) is 10.2. The third kappa shape index (κ3) is 6.93. The van der Waals surface area contributed by atoms with Crippen molar-refractivity contribution in [1.29, 1.82) is 0 Å². The van der Waals surface area contributed by atoms with Gasteiger partial charge in [-0.1, -0.05) is 17.7 Å². The number of piperazine rings is 1. The molecule has 0 aromatic heterocycles. The molecular formula is C24H34N4O4S. The van der Waals surface area contributed by atoms with Crippen molar-refractivity contribution in [1.82, 2.24) is 15.1 Å². The van der Waals surface area contributed by atoms with Crippen LogP contribution in [0.5, 0.6) is 5.75 Å². The highest BCUT2D eigenvalue weighted by molar-refractivity contribution is 7.92. The molecule has 3 rings (SSSR count). The van der Waals surface area contributed by atoms with E-state index in [1.54, 1.807) is 55.6 Å².